The maximum atomic E-state index is 6.01. The zero-order valence-electron chi connectivity index (χ0n) is 13.4. The van der Waals surface area contributed by atoms with Gasteiger partial charge in [0.25, 0.3) is 0 Å². The Hall–Kier alpha value is -0.920. The summed E-state index contributed by atoms with van der Waals surface area (Å²) in [5, 5.41) is 0.807. The highest BCUT2D eigenvalue weighted by molar-refractivity contribution is 7.99. The molecule has 0 aromatic heterocycles. The van der Waals surface area contributed by atoms with E-state index in [2.05, 4.69) is 44.2 Å². The van der Waals surface area contributed by atoms with E-state index in [1.807, 2.05) is 37.7 Å². The molecule has 0 aliphatic heterocycles. The third-order valence-corrected chi connectivity index (χ3v) is 4.66. The van der Waals surface area contributed by atoms with Gasteiger partial charge in [-0.05, 0) is 55.2 Å². The lowest BCUT2D eigenvalue weighted by Crippen LogP contribution is -1.89. The van der Waals surface area contributed by atoms with Crippen LogP contribution in [-0.4, -0.2) is 0 Å². The van der Waals surface area contributed by atoms with Crippen molar-refractivity contribution in [1.82, 2.24) is 0 Å². The predicted molar refractivity (Wildman–Crippen MR) is 96.7 cm³/mol. The van der Waals surface area contributed by atoms with Crippen molar-refractivity contribution in [2.24, 2.45) is 0 Å². The summed E-state index contributed by atoms with van der Waals surface area (Å²) in [6.07, 6.45) is 3.64. The van der Waals surface area contributed by atoms with Gasteiger partial charge in [0.15, 0.2) is 0 Å². The highest BCUT2D eigenvalue weighted by Crippen LogP contribution is 2.34. The van der Waals surface area contributed by atoms with Crippen molar-refractivity contribution in [1.29, 1.82) is 0 Å². The SMILES string of the molecule is CC.CCCCc1ccccc1Sc1ccc(Cl)cc1C. The van der Waals surface area contributed by atoms with Gasteiger partial charge in [0, 0.05) is 14.8 Å². The Morgan fingerprint density at radius 2 is 1.71 bits per heavy atom. The van der Waals surface area contributed by atoms with Crippen LogP contribution in [0.15, 0.2) is 52.3 Å². The number of halogens is 1. The lowest BCUT2D eigenvalue weighted by Gasteiger charge is -2.10. The summed E-state index contributed by atoms with van der Waals surface area (Å²) < 4.78 is 0. The monoisotopic (exact) mass is 320 g/mol. The van der Waals surface area contributed by atoms with E-state index in [1.54, 1.807) is 0 Å². The molecule has 0 saturated heterocycles. The fraction of sp³-hybridized carbons (Fsp3) is 0.368. The summed E-state index contributed by atoms with van der Waals surface area (Å²) >= 11 is 7.85. The molecule has 0 bridgehead atoms. The van der Waals surface area contributed by atoms with Crippen molar-refractivity contribution in [2.75, 3.05) is 0 Å². The minimum Gasteiger partial charge on any atom is -0.0895 e. The molecular weight excluding hydrogens is 296 g/mol. The van der Waals surface area contributed by atoms with Gasteiger partial charge in [-0.2, -0.15) is 0 Å². The van der Waals surface area contributed by atoms with Gasteiger partial charge in [-0.25, -0.2) is 0 Å². The molecule has 21 heavy (non-hydrogen) atoms. The minimum absolute atomic E-state index is 0.807. The second-order valence-corrected chi connectivity index (χ2v) is 6.24. The Balaban J connectivity index is 0.00000106. The molecule has 0 unspecified atom stereocenters. The second-order valence-electron chi connectivity index (χ2n) is 4.72. The van der Waals surface area contributed by atoms with Crippen LogP contribution in [0.1, 0.15) is 44.7 Å². The average molecular weight is 321 g/mol. The molecule has 2 rings (SSSR count). The minimum atomic E-state index is 0.807. The van der Waals surface area contributed by atoms with Crippen molar-refractivity contribution >= 4 is 23.4 Å². The maximum Gasteiger partial charge on any atom is 0.0409 e. The van der Waals surface area contributed by atoms with Gasteiger partial charge in [0.05, 0.1) is 0 Å². The van der Waals surface area contributed by atoms with Gasteiger partial charge in [-0.3, -0.25) is 0 Å². The van der Waals surface area contributed by atoms with Crippen molar-refractivity contribution in [3.63, 3.8) is 0 Å². The van der Waals surface area contributed by atoms with Crippen LogP contribution in [-0.2, 0) is 6.42 Å². The second kappa shape index (κ2) is 9.92. The molecule has 0 saturated carbocycles. The number of rotatable bonds is 5. The van der Waals surface area contributed by atoms with E-state index in [0.717, 1.165) is 11.4 Å². The third kappa shape index (κ3) is 5.76. The molecule has 0 fully saturated rings. The third-order valence-electron chi connectivity index (χ3n) is 3.13. The predicted octanol–water partition coefficient (Wildman–Crippen LogP) is 7.17. The Labute approximate surface area is 138 Å². The summed E-state index contributed by atoms with van der Waals surface area (Å²) in [6, 6.07) is 14.8. The molecule has 0 N–H and O–H groups in total. The number of aryl methyl sites for hydroxylation is 2. The summed E-state index contributed by atoms with van der Waals surface area (Å²) in [5.41, 5.74) is 2.69. The summed E-state index contributed by atoms with van der Waals surface area (Å²) in [5.74, 6) is 0. The number of hydrogen-bond donors (Lipinski definition) is 0. The molecule has 0 amide bonds. The van der Waals surface area contributed by atoms with E-state index in [4.69, 9.17) is 11.6 Å². The van der Waals surface area contributed by atoms with Crippen LogP contribution >= 0.6 is 23.4 Å². The van der Waals surface area contributed by atoms with Crippen LogP contribution in [0.2, 0.25) is 5.02 Å². The molecule has 114 valence electrons. The van der Waals surface area contributed by atoms with Gasteiger partial charge in [-0.1, -0.05) is 68.8 Å². The fourth-order valence-corrected chi connectivity index (χ4v) is 3.29. The average Bonchev–Trinajstić information content (AvgIpc) is 2.51. The van der Waals surface area contributed by atoms with Crippen molar-refractivity contribution in [2.45, 2.75) is 56.7 Å². The quantitative estimate of drug-likeness (QED) is 0.562. The van der Waals surface area contributed by atoms with Gasteiger partial charge in [-0.15, -0.1) is 0 Å². The van der Waals surface area contributed by atoms with E-state index >= 15 is 0 Å². The van der Waals surface area contributed by atoms with Gasteiger partial charge >= 0.3 is 0 Å². The topological polar surface area (TPSA) is 0 Å². The van der Waals surface area contributed by atoms with E-state index in [0.29, 0.717) is 0 Å². The molecule has 2 aromatic carbocycles. The molecule has 0 radical (unpaired) electrons. The normalized spacial score (nSPS) is 9.95. The number of unbranched alkanes of at least 4 members (excludes halogenated alkanes) is 1. The molecule has 0 atom stereocenters. The molecule has 0 aliphatic rings. The van der Waals surface area contributed by atoms with Crippen LogP contribution in [0.3, 0.4) is 0 Å². The lowest BCUT2D eigenvalue weighted by atomic mass is 10.1. The Bertz CT molecular complexity index is 549. The van der Waals surface area contributed by atoms with Crippen molar-refractivity contribution in [3.8, 4) is 0 Å². The molecule has 0 aliphatic carbocycles. The van der Waals surface area contributed by atoms with Crippen LogP contribution in [0.25, 0.3) is 0 Å². The van der Waals surface area contributed by atoms with E-state index in [9.17, 15) is 0 Å². The van der Waals surface area contributed by atoms with Gasteiger partial charge in [0.1, 0.15) is 0 Å². The van der Waals surface area contributed by atoms with Gasteiger partial charge in [0.2, 0.25) is 0 Å². The molecule has 0 nitrogen and oxygen atoms in total. The number of benzene rings is 2. The van der Waals surface area contributed by atoms with Crippen LogP contribution in [0.5, 0.6) is 0 Å². The lowest BCUT2D eigenvalue weighted by molar-refractivity contribution is 0.785. The smallest absolute Gasteiger partial charge is 0.0409 e. The first-order chi connectivity index (χ1) is 10.2. The van der Waals surface area contributed by atoms with E-state index in [-0.39, 0.29) is 0 Å². The van der Waals surface area contributed by atoms with Crippen LogP contribution < -0.4 is 0 Å². The zero-order valence-corrected chi connectivity index (χ0v) is 15.0. The first kappa shape index (κ1) is 18.1. The first-order valence-corrected chi connectivity index (χ1v) is 8.92. The summed E-state index contributed by atoms with van der Waals surface area (Å²) in [6.45, 7) is 8.35. The number of hydrogen-bond acceptors (Lipinski definition) is 1. The Kier molecular flexibility index (Phi) is 8.56. The van der Waals surface area contributed by atoms with Crippen LogP contribution in [0, 0.1) is 6.92 Å². The van der Waals surface area contributed by atoms with Crippen molar-refractivity contribution < 1.29 is 0 Å². The Morgan fingerprint density at radius 1 is 1.00 bits per heavy atom. The first-order valence-electron chi connectivity index (χ1n) is 7.72. The zero-order chi connectivity index (χ0) is 15.7. The highest BCUT2D eigenvalue weighted by Gasteiger charge is 2.06. The summed E-state index contributed by atoms with van der Waals surface area (Å²) in [7, 11) is 0. The molecule has 0 heterocycles. The van der Waals surface area contributed by atoms with Gasteiger partial charge < -0.3 is 0 Å². The van der Waals surface area contributed by atoms with Crippen molar-refractivity contribution in [3.05, 3.63) is 58.6 Å². The molecule has 2 aromatic rings. The van der Waals surface area contributed by atoms with E-state index < -0.39 is 0 Å². The highest BCUT2D eigenvalue weighted by atomic mass is 35.5. The molecule has 0 spiro atoms. The molecule has 2 heteroatoms. The fourth-order valence-electron chi connectivity index (χ4n) is 2.02. The molecular formula is C19H25ClS. The largest absolute Gasteiger partial charge is 0.0895 e. The Morgan fingerprint density at radius 3 is 2.38 bits per heavy atom. The summed E-state index contributed by atoms with van der Waals surface area (Å²) in [4.78, 5) is 2.65. The van der Waals surface area contributed by atoms with Crippen LogP contribution in [0.4, 0.5) is 0 Å². The van der Waals surface area contributed by atoms with E-state index in [1.165, 1.54) is 33.8 Å². The maximum absolute atomic E-state index is 6.01. The standard InChI is InChI=1S/C17H19ClS.C2H6/c1-3-4-7-14-8-5-6-9-17(14)19-16-11-10-15(18)12-13(16)2;1-2/h5-6,8-12H,3-4,7H2,1-2H3;1-2H3.